The van der Waals surface area contributed by atoms with Gasteiger partial charge in [0.1, 0.15) is 5.82 Å². The van der Waals surface area contributed by atoms with E-state index in [1.54, 1.807) is 12.1 Å². The van der Waals surface area contributed by atoms with Crippen molar-refractivity contribution in [2.45, 2.75) is 44.9 Å². The summed E-state index contributed by atoms with van der Waals surface area (Å²) in [5.74, 6) is -1.44. The third kappa shape index (κ3) is 3.32. The fourth-order valence-corrected chi connectivity index (χ4v) is 3.53. The van der Waals surface area contributed by atoms with Gasteiger partial charge < -0.3 is 5.11 Å². The lowest BCUT2D eigenvalue weighted by atomic mass is 9.70. The smallest absolute Gasteiger partial charge is 0.307 e. The molecule has 0 bridgehead atoms. The molecule has 0 saturated heterocycles. The van der Waals surface area contributed by atoms with Gasteiger partial charge in [0.15, 0.2) is 0 Å². The Morgan fingerprint density at radius 1 is 1.45 bits per heavy atom. The van der Waals surface area contributed by atoms with Gasteiger partial charge in [-0.15, -0.1) is 0 Å². The molecule has 1 aromatic carbocycles. The number of carboxylic acid groups (broad SMARTS) is 1. The summed E-state index contributed by atoms with van der Waals surface area (Å²) in [6.45, 7) is 2.13. The van der Waals surface area contributed by atoms with Crippen LogP contribution in [0.1, 0.15) is 50.5 Å². The number of rotatable bonds is 4. The zero-order valence-corrected chi connectivity index (χ0v) is 12.4. The van der Waals surface area contributed by atoms with Crippen LogP contribution in [0.15, 0.2) is 18.2 Å². The Balaban J connectivity index is 2.28. The maximum atomic E-state index is 14.1. The van der Waals surface area contributed by atoms with E-state index in [-0.39, 0.29) is 11.7 Å². The summed E-state index contributed by atoms with van der Waals surface area (Å²) in [7, 11) is 0. The van der Waals surface area contributed by atoms with Gasteiger partial charge >= 0.3 is 5.97 Å². The predicted octanol–water partition coefficient (Wildman–Crippen LogP) is 4.86. The minimum Gasteiger partial charge on any atom is -0.481 e. The van der Waals surface area contributed by atoms with E-state index < -0.39 is 11.9 Å². The zero-order valence-electron chi connectivity index (χ0n) is 11.6. The average Bonchev–Trinajstić information content (AvgIpc) is 2.38. The Morgan fingerprint density at radius 3 is 2.80 bits per heavy atom. The van der Waals surface area contributed by atoms with E-state index in [1.165, 1.54) is 6.07 Å². The molecule has 1 fully saturated rings. The standard InChI is InChI=1S/C16H20ClFO2/c1-2-3-10-4-6-13(16(19)20)14(8-10)12-7-5-11(17)9-15(12)18/h5,7,9-10,13-14H,2-4,6,8H2,1H3,(H,19,20). The quantitative estimate of drug-likeness (QED) is 0.861. The van der Waals surface area contributed by atoms with Crippen LogP contribution in [0.2, 0.25) is 5.02 Å². The maximum Gasteiger partial charge on any atom is 0.307 e. The van der Waals surface area contributed by atoms with E-state index in [1.807, 2.05) is 0 Å². The van der Waals surface area contributed by atoms with E-state index in [0.717, 1.165) is 25.7 Å². The van der Waals surface area contributed by atoms with Gasteiger partial charge in [0, 0.05) is 10.9 Å². The molecule has 0 amide bonds. The number of halogens is 2. The summed E-state index contributed by atoms with van der Waals surface area (Å²) in [5, 5.41) is 9.73. The second-order valence-corrected chi connectivity index (χ2v) is 6.12. The van der Waals surface area contributed by atoms with Crippen LogP contribution in [0.25, 0.3) is 0 Å². The van der Waals surface area contributed by atoms with Crippen molar-refractivity contribution in [2.75, 3.05) is 0 Å². The molecule has 3 unspecified atom stereocenters. The maximum absolute atomic E-state index is 14.1. The Labute approximate surface area is 123 Å². The monoisotopic (exact) mass is 298 g/mol. The van der Waals surface area contributed by atoms with Crippen LogP contribution in [0.3, 0.4) is 0 Å². The molecule has 3 atom stereocenters. The van der Waals surface area contributed by atoms with Crippen molar-refractivity contribution < 1.29 is 14.3 Å². The van der Waals surface area contributed by atoms with Crippen LogP contribution in [0.4, 0.5) is 4.39 Å². The number of aliphatic carboxylic acids is 1. The second kappa shape index (κ2) is 6.57. The molecule has 0 aromatic heterocycles. The van der Waals surface area contributed by atoms with Gasteiger partial charge in [0.2, 0.25) is 0 Å². The van der Waals surface area contributed by atoms with Crippen molar-refractivity contribution in [1.29, 1.82) is 0 Å². The first kappa shape index (κ1) is 15.3. The van der Waals surface area contributed by atoms with Gasteiger partial charge in [-0.1, -0.05) is 37.4 Å². The summed E-state index contributed by atoms with van der Waals surface area (Å²) >= 11 is 5.78. The number of hydrogen-bond acceptors (Lipinski definition) is 1. The first-order valence-electron chi connectivity index (χ1n) is 7.20. The van der Waals surface area contributed by atoms with E-state index >= 15 is 0 Å². The molecule has 0 spiro atoms. The molecule has 1 aromatic rings. The highest BCUT2D eigenvalue weighted by atomic mass is 35.5. The lowest BCUT2D eigenvalue weighted by Crippen LogP contribution is -2.29. The number of hydrogen-bond donors (Lipinski definition) is 1. The van der Waals surface area contributed by atoms with Crippen LogP contribution in [0, 0.1) is 17.7 Å². The predicted molar refractivity (Wildman–Crippen MR) is 77.5 cm³/mol. The topological polar surface area (TPSA) is 37.3 Å². The molecule has 1 N–H and O–H groups in total. The fourth-order valence-electron chi connectivity index (χ4n) is 3.37. The van der Waals surface area contributed by atoms with Crippen molar-refractivity contribution in [3.05, 3.63) is 34.6 Å². The van der Waals surface area contributed by atoms with Gasteiger partial charge in [-0.3, -0.25) is 4.79 Å². The van der Waals surface area contributed by atoms with Crippen molar-refractivity contribution in [3.8, 4) is 0 Å². The summed E-state index contributed by atoms with van der Waals surface area (Å²) < 4.78 is 14.1. The Morgan fingerprint density at radius 2 is 2.20 bits per heavy atom. The highest BCUT2D eigenvalue weighted by Crippen LogP contribution is 2.43. The molecule has 4 heteroatoms. The van der Waals surface area contributed by atoms with E-state index in [2.05, 4.69) is 6.92 Å². The van der Waals surface area contributed by atoms with Crippen molar-refractivity contribution in [3.63, 3.8) is 0 Å². The Bertz CT molecular complexity index is 489. The van der Waals surface area contributed by atoms with E-state index in [0.29, 0.717) is 22.9 Å². The molecular weight excluding hydrogens is 279 g/mol. The molecule has 2 nitrogen and oxygen atoms in total. The first-order chi connectivity index (χ1) is 9.52. The number of benzene rings is 1. The van der Waals surface area contributed by atoms with Crippen LogP contribution < -0.4 is 0 Å². The summed E-state index contributed by atoms with van der Waals surface area (Å²) in [4.78, 5) is 11.4. The molecule has 0 aliphatic heterocycles. The normalized spacial score (nSPS) is 26.4. The lowest BCUT2D eigenvalue weighted by molar-refractivity contribution is -0.144. The molecule has 0 radical (unpaired) electrons. The molecular formula is C16H20ClFO2. The van der Waals surface area contributed by atoms with E-state index in [4.69, 9.17) is 11.6 Å². The fraction of sp³-hybridized carbons (Fsp3) is 0.562. The van der Waals surface area contributed by atoms with Gasteiger partial charge in [-0.25, -0.2) is 4.39 Å². The van der Waals surface area contributed by atoms with Gasteiger partial charge in [-0.2, -0.15) is 0 Å². The lowest BCUT2D eigenvalue weighted by Gasteiger charge is -2.34. The van der Waals surface area contributed by atoms with Crippen LogP contribution in [0.5, 0.6) is 0 Å². The largest absolute Gasteiger partial charge is 0.481 e. The Kier molecular flexibility index (Phi) is 5.03. The third-order valence-electron chi connectivity index (χ3n) is 4.33. The van der Waals surface area contributed by atoms with E-state index in [9.17, 15) is 14.3 Å². The van der Waals surface area contributed by atoms with Crippen molar-refractivity contribution in [1.82, 2.24) is 0 Å². The minimum atomic E-state index is -0.820. The SMILES string of the molecule is CCCC1CCC(C(=O)O)C(c2ccc(Cl)cc2F)C1. The average molecular weight is 299 g/mol. The third-order valence-corrected chi connectivity index (χ3v) is 4.57. The molecule has 0 heterocycles. The zero-order chi connectivity index (χ0) is 14.7. The molecule has 1 aliphatic rings. The number of carboxylic acids is 1. The summed E-state index contributed by atoms with van der Waals surface area (Å²) in [6, 6.07) is 4.56. The highest BCUT2D eigenvalue weighted by molar-refractivity contribution is 6.30. The number of carbonyl (C=O) groups is 1. The summed E-state index contributed by atoms with van der Waals surface area (Å²) in [6.07, 6.45) is 4.48. The molecule has 20 heavy (non-hydrogen) atoms. The van der Waals surface area contributed by atoms with Gasteiger partial charge in [0.05, 0.1) is 5.92 Å². The van der Waals surface area contributed by atoms with Crippen molar-refractivity contribution >= 4 is 17.6 Å². The van der Waals surface area contributed by atoms with Gasteiger partial charge in [-0.05, 0) is 42.9 Å². The second-order valence-electron chi connectivity index (χ2n) is 5.68. The molecule has 1 saturated carbocycles. The van der Waals surface area contributed by atoms with Crippen molar-refractivity contribution in [2.24, 2.45) is 11.8 Å². The Hall–Kier alpha value is -1.09. The highest BCUT2D eigenvalue weighted by Gasteiger charge is 2.36. The molecule has 1 aliphatic carbocycles. The van der Waals surface area contributed by atoms with Crippen LogP contribution in [-0.2, 0) is 4.79 Å². The van der Waals surface area contributed by atoms with Crippen LogP contribution in [-0.4, -0.2) is 11.1 Å². The molecule has 110 valence electrons. The summed E-state index contributed by atoms with van der Waals surface area (Å²) in [5.41, 5.74) is 0.502. The van der Waals surface area contributed by atoms with Crippen LogP contribution >= 0.6 is 11.6 Å². The molecule has 2 rings (SSSR count). The minimum absolute atomic E-state index is 0.241. The van der Waals surface area contributed by atoms with Gasteiger partial charge in [0.25, 0.3) is 0 Å². The first-order valence-corrected chi connectivity index (χ1v) is 7.58.